The van der Waals surface area contributed by atoms with E-state index in [2.05, 4.69) is 6.92 Å². The van der Waals surface area contributed by atoms with Gasteiger partial charge in [0, 0.05) is 6.07 Å². The summed E-state index contributed by atoms with van der Waals surface area (Å²) in [5.41, 5.74) is 0. The third kappa shape index (κ3) is 5.64. The second-order valence-electron chi connectivity index (χ2n) is 10.5. The van der Waals surface area contributed by atoms with Crippen LogP contribution in [0.2, 0.25) is 5.02 Å². The molecule has 0 spiro atoms. The lowest BCUT2D eigenvalue weighted by atomic mass is 9.59. The summed E-state index contributed by atoms with van der Waals surface area (Å²) in [6, 6.07) is 4.25. The van der Waals surface area contributed by atoms with E-state index in [4.69, 9.17) is 16.3 Å². The van der Waals surface area contributed by atoms with Gasteiger partial charge < -0.3 is 4.74 Å². The number of unbranched alkanes of at least 4 members (excludes halogenated alkanes) is 1. The molecule has 1 aromatic carbocycles. The van der Waals surface area contributed by atoms with Crippen molar-refractivity contribution >= 4 is 17.6 Å². The number of rotatable bonds is 6. The Morgan fingerprint density at radius 3 is 2.55 bits per heavy atom. The molecular weight excluding hydrogens is 411 g/mol. The summed E-state index contributed by atoms with van der Waals surface area (Å²) < 4.78 is 19.3. The minimum absolute atomic E-state index is 0.0387. The largest absolute Gasteiger partial charge is 0.426 e. The fourth-order valence-electron chi connectivity index (χ4n) is 6.89. The van der Waals surface area contributed by atoms with Crippen molar-refractivity contribution in [1.29, 1.82) is 0 Å². The summed E-state index contributed by atoms with van der Waals surface area (Å²) in [5.74, 6) is 3.34. The second-order valence-corrected chi connectivity index (χ2v) is 10.9. The van der Waals surface area contributed by atoms with Crippen molar-refractivity contribution in [2.24, 2.45) is 35.5 Å². The van der Waals surface area contributed by atoms with Crippen LogP contribution in [-0.4, -0.2) is 5.97 Å². The minimum Gasteiger partial charge on any atom is -0.426 e. The molecule has 3 aliphatic rings. The van der Waals surface area contributed by atoms with Gasteiger partial charge in [0.1, 0.15) is 11.6 Å². The first kappa shape index (κ1) is 23.1. The molecule has 0 heterocycles. The summed E-state index contributed by atoms with van der Waals surface area (Å²) in [5, 5.41) is 0.0512. The van der Waals surface area contributed by atoms with E-state index >= 15 is 0 Å². The van der Waals surface area contributed by atoms with Crippen molar-refractivity contribution in [1.82, 2.24) is 0 Å². The van der Waals surface area contributed by atoms with E-state index in [1.54, 1.807) is 6.07 Å². The first-order valence-electron chi connectivity index (χ1n) is 12.7. The lowest BCUT2D eigenvalue weighted by molar-refractivity contribution is -0.144. The van der Waals surface area contributed by atoms with E-state index < -0.39 is 5.82 Å². The molecule has 3 aliphatic carbocycles. The van der Waals surface area contributed by atoms with E-state index in [0.717, 1.165) is 37.0 Å². The Bertz CT molecular complexity index is 743. The average Bonchev–Trinajstić information content (AvgIpc) is 2.79. The molecule has 4 atom stereocenters. The SMILES string of the molecule is CCCCC1CCC(C2CCC3C(CCCC3C(=O)Oc3ccc(Cl)c(F)c3)C2)CC1. The number of fused-ring (bicyclic) bond motifs is 1. The molecule has 0 aliphatic heterocycles. The van der Waals surface area contributed by atoms with Gasteiger partial charge >= 0.3 is 5.97 Å². The Balaban J connectivity index is 1.31. The summed E-state index contributed by atoms with van der Waals surface area (Å²) in [4.78, 5) is 12.9. The predicted octanol–water partition coefficient (Wildman–Crippen LogP) is 8.21. The predicted molar refractivity (Wildman–Crippen MR) is 124 cm³/mol. The van der Waals surface area contributed by atoms with Crippen molar-refractivity contribution < 1.29 is 13.9 Å². The molecular formula is C27H38ClFO2. The van der Waals surface area contributed by atoms with Gasteiger partial charge in [-0.25, -0.2) is 4.39 Å². The molecule has 4 heteroatoms. The van der Waals surface area contributed by atoms with Crippen LogP contribution in [0.1, 0.15) is 90.4 Å². The number of hydrogen-bond acceptors (Lipinski definition) is 2. The highest BCUT2D eigenvalue weighted by atomic mass is 35.5. The first-order valence-corrected chi connectivity index (χ1v) is 13.1. The molecule has 1 aromatic rings. The highest BCUT2D eigenvalue weighted by Crippen LogP contribution is 2.50. The Morgan fingerprint density at radius 2 is 1.81 bits per heavy atom. The first-order chi connectivity index (χ1) is 15.0. The van der Waals surface area contributed by atoms with E-state index in [-0.39, 0.29) is 22.7 Å². The molecule has 0 amide bonds. The molecule has 4 rings (SSSR count). The van der Waals surface area contributed by atoms with Gasteiger partial charge in [-0.2, -0.15) is 0 Å². The van der Waals surface area contributed by atoms with Crippen molar-refractivity contribution in [3.05, 3.63) is 29.0 Å². The zero-order chi connectivity index (χ0) is 21.8. The number of carbonyl (C=O) groups is 1. The van der Waals surface area contributed by atoms with E-state index in [1.165, 1.54) is 76.3 Å². The van der Waals surface area contributed by atoms with Crippen molar-refractivity contribution in [3.63, 3.8) is 0 Å². The summed E-state index contributed by atoms with van der Waals surface area (Å²) >= 11 is 5.75. The van der Waals surface area contributed by atoms with Crippen LogP contribution in [0.25, 0.3) is 0 Å². The molecule has 0 N–H and O–H groups in total. The maximum atomic E-state index is 13.7. The van der Waals surface area contributed by atoms with Crippen LogP contribution in [0.3, 0.4) is 0 Å². The van der Waals surface area contributed by atoms with Gasteiger partial charge in [0.15, 0.2) is 0 Å². The van der Waals surface area contributed by atoms with Crippen molar-refractivity contribution in [2.45, 2.75) is 90.4 Å². The number of ether oxygens (including phenoxy) is 1. The van der Waals surface area contributed by atoms with E-state index in [0.29, 0.717) is 11.8 Å². The third-order valence-corrected chi connectivity index (χ3v) is 8.93. The van der Waals surface area contributed by atoms with Crippen molar-refractivity contribution in [2.75, 3.05) is 0 Å². The van der Waals surface area contributed by atoms with Crippen LogP contribution in [0.5, 0.6) is 5.75 Å². The molecule has 4 unspecified atom stereocenters. The standard InChI is InChI=1S/C27H38ClFO2/c1-2-3-5-18-8-10-19(11-9-18)20-12-14-23-21(16-20)6-4-7-24(23)27(30)31-22-13-15-25(28)26(29)17-22/h13,15,17-21,23-24H,2-12,14,16H2,1H3. The van der Waals surface area contributed by atoms with Crippen LogP contribution in [0.15, 0.2) is 18.2 Å². The van der Waals surface area contributed by atoms with Crippen LogP contribution < -0.4 is 4.74 Å². The molecule has 0 radical (unpaired) electrons. The van der Waals surface area contributed by atoms with E-state index in [9.17, 15) is 9.18 Å². The lowest BCUT2D eigenvalue weighted by Crippen LogP contribution is -2.40. The topological polar surface area (TPSA) is 26.3 Å². The summed E-state index contributed by atoms with van der Waals surface area (Å²) in [6.07, 6.45) is 16.8. The zero-order valence-electron chi connectivity index (χ0n) is 19.0. The number of esters is 1. The molecule has 31 heavy (non-hydrogen) atoms. The van der Waals surface area contributed by atoms with Gasteiger partial charge in [-0.3, -0.25) is 4.79 Å². The fraction of sp³-hybridized carbons (Fsp3) is 0.741. The summed E-state index contributed by atoms with van der Waals surface area (Å²) in [6.45, 7) is 2.30. The fourth-order valence-corrected chi connectivity index (χ4v) is 7.01. The Labute approximate surface area is 192 Å². The minimum atomic E-state index is -0.543. The van der Waals surface area contributed by atoms with Gasteiger partial charge in [0.25, 0.3) is 0 Å². The number of hydrogen-bond donors (Lipinski definition) is 0. The number of halogens is 2. The molecule has 3 saturated carbocycles. The normalized spacial score (nSPS) is 33.5. The van der Waals surface area contributed by atoms with Crippen LogP contribution in [-0.2, 0) is 4.79 Å². The molecule has 0 aromatic heterocycles. The van der Waals surface area contributed by atoms with Gasteiger partial charge in [0.2, 0.25) is 0 Å². The zero-order valence-corrected chi connectivity index (χ0v) is 19.7. The van der Waals surface area contributed by atoms with Crippen LogP contribution in [0, 0.1) is 41.3 Å². The molecule has 0 saturated heterocycles. The molecule has 0 bridgehead atoms. The van der Waals surface area contributed by atoms with Crippen LogP contribution >= 0.6 is 11.6 Å². The quantitative estimate of drug-likeness (QED) is 0.323. The maximum absolute atomic E-state index is 13.7. The Kier molecular flexibility index (Phi) is 7.96. The molecule has 172 valence electrons. The van der Waals surface area contributed by atoms with Gasteiger partial charge in [-0.15, -0.1) is 0 Å². The highest BCUT2D eigenvalue weighted by Gasteiger charge is 2.43. The second kappa shape index (κ2) is 10.7. The van der Waals surface area contributed by atoms with Crippen LogP contribution in [0.4, 0.5) is 4.39 Å². The number of benzene rings is 1. The monoisotopic (exact) mass is 448 g/mol. The molecule has 3 fully saturated rings. The van der Waals surface area contributed by atoms with Crippen molar-refractivity contribution in [3.8, 4) is 5.75 Å². The van der Waals surface area contributed by atoms with Gasteiger partial charge in [-0.1, -0.05) is 63.5 Å². The Morgan fingerprint density at radius 1 is 1.03 bits per heavy atom. The number of carbonyl (C=O) groups excluding carboxylic acids is 1. The lowest BCUT2D eigenvalue weighted by Gasteiger charge is -2.46. The molecule has 2 nitrogen and oxygen atoms in total. The average molecular weight is 449 g/mol. The smallest absolute Gasteiger partial charge is 0.314 e. The Hall–Kier alpha value is -1.09. The summed E-state index contributed by atoms with van der Waals surface area (Å²) in [7, 11) is 0. The van der Waals surface area contributed by atoms with E-state index in [1.807, 2.05) is 0 Å². The van der Waals surface area contributed by atoms with Gasteiger partial charge in [0.05, 0.1) is 10.9 Å². The third-order valence-electron chi connectivity index (χ3n) is 8.62. The highest BCUT2D eigenvalue weighted by molar-refractivity contribution is 6.30. The maximum Gasteiger partial charge on any atom is 0.314 e. The van der Waals surface area contributed by atoms with Gasteiger partial charge in [-0.05, 0) is 80.2 Å².